The fraction of sp³-hybridized carbons (Fsp3) is 0.333. The first-order chi connectivity index (χ1) is 12.8. The van der Waals surface area contributed by atoms with Gasteiger partial charge in [0.05, 0.1) is 18.4 Å². The monoisotopic (exact) mass is 370 g/mol. The third-order valence-electron chi connectivity index (χ3n) is 4.23. The highest BCUT2D eigenvalue weighted by Gasteiger charge is 2.23. The SMILES string of the molecule is COc1ccc(C)cc1NC(=O)C(=O)NC[C@@](C)(O)CCc1ccccc1. The summed E-state index contributed by atoms with van der Waals surface area (Å²) in [5.74, 6) is -1.15. The van der Waals surface area contributed by atoms with Gasteiger partial charge in [-0.05, 0) is 49.9 Å². The van der Waals surface area contributed by atoms with Gasteiger partial charge in [0.1, 0.15) is 5.75 Å². The summed E-state index contributed by atoms with van der Waals surface area (Å²) in [6.07, 6.45) is 1.14. The molecule has 0 saturated heterocycles. The average Bonchev–Trinajstić information content (AvgIpc) is 2.65. The molecule has 0 aliphatic heterocycles. The van der Waals surface area contributed by atoms with Gasteiger partial charge in [-0.3, -0.25) is 9.59 Å². The predicted molar refractivity (Wildman–Crippen MR) is 105 cm³/mol. The number of hydrogen-bond donors (Lipinski definition) is 3. The summed E-state index contributed by atoms with van der Waals surface area (Å²) in [6.45, 7) is 3.49. The Morgan fingerprint density at radius 1 is 1.11 bits per heavy atom. The van der Waals surface area contributed by atoms with Gasteiger partial charge in [-0.2, -0.15) is 0 Å². The Bertz CT molecular complexity index is 788. The summed E-state index contributed by atoms with van der Waals surface area (Å²) < 4.78 is 5.18. The molecule has 2 aromatic carbocycles. The van der Waals surface area contributed by atoms with Gasteiger partial charge in [-0.1, -0.05) is 36.4 Å². The zero-order valence-electron chi connectivity index (χ0n) is 15.9. The van der Waals surface area contributed by atoms with E-state index in [4.69, 9.17) is 4.74 Å². The van der Waals surface area contributed by atoms with Crippen molar-refractivity contribution < 1.29 is 19.4 Å². The molecule has 144 valence electrons. The number of aliphatic hydroxyl groups is 1. The first kappa shape index (κ1) is 20.5. The molecule has 0 saturated carbocycles. The minimum absolute atomic E-state index is 0.0168. The molecular formula is C21H26N2O4. The van der Waals surface area contributed by atoms with Crippen molar-refractivity contribution in [3.8, 4) is 5.75 Å². The quantitative estimate of drug-likeness (QED) is 0.653. The number of methoxy groups -OCH3 is 1. The van der Waals surface area contributed by atoms with E-state index in [0.29, 0.717) is 24.3 Å². The number of rotatable bonds is 7. The van der Waals surface area contributed by atoms with E-state index in [1.165, 1.54) is 7.11 Å². The van der Waals surface area contributed by atoms with Crippen LogP contribution in [0.25, 0.3) is 0 Å². The van der Waals surface area contributed by atoms with Crippen molar-refractivity contribution in [1.29, 1.82) is 0 Å². The molecule has 6 nitrogen and oxygen atoms in total. The minimum Gasteiger partial charge on any atom is -0.495 e. The van der Waals surface area contributed by atoms with Gasteiger partial charge in [0.15, 0.2) is 0 Å². The summed E-state index contributed by atoms with van der Waals surface area (Å²) >= 11 is 0. The van der Waals surface area contributed by atoms with E-state index in [1.807, 2.05) is 43.3 Å². The number of carbonyl (C=O) groups is 2. The van der Waals surface area contributed by atoms with Crippen molar-refractivity contribution >= 4 is 17.5 Å². The van der Waals surface area contributed by atoms with E-state index in [2.05, 4.69) is 10.6 Å². The molecule has 0 fully saturated rings. The van der Waals surface area contributed by atoms with Crippen molar-refractivity contribution in [2.24, 2.45) is 0 Å². The van der Waals surface area contributed by atoms with Crippen LogP contribution in [0.5, 0.6) is 5.75 Å². The number of carbonyl (C=O) groups excluding carboxylic acids is 2. The largest absolute Gasteiger partial charge is 0.495 e. The van der Waals surface area contributed by atoms with Gasteiger partial charge in [-0.25, -0.2) is 0 Å². The van der Waals surface area contributed by atoms with Gasteiger partial charge in [0.2, 0.25) is 0 Å². The smallest absolute Gasteiger partial charge is 0.313 e. The number of anilines is 1. The van der Waals surface area contributed by atoms with Gasteiger partial charge >= 0.3 is 11.8 Å². The van der Waals surface area contributed by atoms with Crippen LogP contribution in [-0.2, 0) is 16.0 Å². The Morgan fingerprint density at radius 2 is 1.81 bits per heavy atom. The van der Waals surface area contributed by atoms with Crippen molar-refractivity contribution in [1.82, 2.24) is 5.32 Å². The molecule has 0 spiro atoms. The van der Waals surface area contributed by atoms with Gasteiger partial charge < -0.3 is 20.5 Å². The maximum atomic E-state index is 12.1. The molecule has 0 heterocycles. The zero-order chi connectivity index (χ0) is 19.9. The number of nitrogens with one attached hydrogen (secondary N) is 2. The minimum atomic E-state index is -1.12. The van der Waals surface area contributed by atoms with Crippen molar-refractivity contribution in [2.45, 2.75) is 32.3 Å². The maximum Gasteiger partial charge on any atom is 0.313 e. The van der Waals surface area contributed by atoms with E-state index in [-0.39, 0.29) is 6.54 Å². The lowest BCUT2D eigenvalue weighted by Gasteiger charge is -2.23. The molecule has 0 bridgehead atoms. The van der Waals surface area contributed by atoms with Crippen LogP contribution in [0.15, 0.2) is 48.5 Å². The first-order valence-electron chi connectivity index (χ1n) is 8.81. The topological polar surface area (TPSA) is 87.7 Å². The van der Waals surface area contributed by atoms with E-state index >= 15 is 0 Å². The second kappa shape index (κ2) is 9.19. The Balaban J connectivity index is 1.87. The second-order valence-corrected chi connectivity index (χ2v) is 6.82. The number of amides is 2. The Morgan fingerprint density at radius 3 is 2.48 bits per heavy atom. The van der Waals surface area contributed by atoms with Crippen molar-refractivity contribution in [3.63, 3.8) is 0 Å². The summed E-state index contributed by atoms with van der Waals surface area (Å²) in [7, 11) is 1.49. The highest BCUT2D eigenvalue weighted by atomic mass is 16.5. The van der Waals surface area contributed by atoms with Gasteiger partial charge in [0, 0.05) is 6.54 Å². The molecule has 2 amide bonds. The number of benzene rings is 2. The predicted octanol–water partition coefficient (Wildman–Crippen LogP) is 2.44. The third-order valence-corrected chi connectivity index (χ3v) is 4.23. The third kappa shape index (κ3) is 6.42. The average molecular weight is 370 g/mol. The molecule has 0 aliphatic carbocycles. The van der Waals surface area contributed by atoms with Crippen LogP contribution in [0.2, 0.25) is 0 Å². The number of aryl methyl sites for hydroxylation is 2. The standard InChI is InChI=1S/C21H26N2O4/c1-15-9-10-18(27-3)17(13-15)23-20(25)19(24)22-14-21(2,26)12-11-16-7-5-4-6-8-16/h4-10,13,26H,11-12,14H2,1-3H3,(H,22,24)(H,23,25)/t21-/m0/s1. The van der Waals surface area contributed by atoms with Crippen LogP contribution in [0.4, 0.5) is 5.69 Å². The lowest BCUT2D eigenvalue weighted by atomic mass is 9.97. The molecule has 0 aliphatic rings. The summed E-state index contributed by atoms with van der Waals surface area (Å²) in [5.41, 5.74) is 1.34. The van der Waals surface area contributed by atoms with Crippen LogP contribution in [-0.4, -0.2) is 36.2 Å². The van der Waals surface area contributed by atoms with Crippen LogP contribution in [0.1, 0.15) is 24.5 Å². The summed E-state index contributed by atoms with van der Waals surface area (Å²) in [6, 6.07) is 15.1. The molecule has 0 aromatic heterocycles. The maximum absolute atomic E-state index is 12.1. The summed E-state index contributed by atoms with van der Waals surface area (Å²) in [4.78, 5) is 24.2. The van der Waals surface area contributed by atoms with Crippen LogP contribution in [0.3, 0.4) is 0 Å². The molecule has 1 atom stereocenters. The first-order valence-corrected chi connectivity index (χ1v) is 8.81. The zero-order valence-corrected chi connectivity index (χ0v) is 15.9. The molecule has 3 N–H and O–H groups in total. The van der Waals surface area contributed by atoms with Crippen LogP contribution >= 0.6 is 0 Å². The second-order valence-electron chi connectivity index (χ2n) is 6.82. The molecule has 0 radical (unpaired) electrons. The normalized spacial score (nSPS) is 12.7. The molecule has 0 unspecified atom stereocenters. The number of ether oxygens (including phenoxy) is 1. The fourth-order valence-corrected chi connectivity index (χ4v) is 2.60. The van der Waals surface area contributed by atoms with E-state index < -0.39 is 17.4 Å². The lowest BCUT2D eigenvalue weighted by molar-refractivity contribution is -0.136. The van der Waals surface area contributed by atoms with Crippen LogP contribution < -0.4 is 15.4 Å². The lowest BCUT2D eigenvalue weighted by Crippen LogP contribution is -2.44. The molecule has 2 aromatic rings. The molecular weight excluding hydrogens is 344 g/mol. The van der Waals surface area contributed by atoms with E-state index in [1.54, 1.807) is 19.1 Å². The Labute approximate surface area is 159 Å². The van der Waals surface area contributed by atoms with Crippen molar-refractivity contribution in [3.05, 3.63) is 59.7 Å². The molecule has 6 heteroatoms. The van der Waals surface area contributed by atoms with Crippen molar-refractivity contribution in [2.75, 3.05) is 19.0 Å². The van der Waals surface area contributed by atoms with Gasteiger partial charge in [-0.15, -0.1) is 0 Å². The Kier molecular flexibility index (Phi) is 6.96. The van der Waals surface area contributed by atoms with Crippen LogP contribution in [0, 0.1) is 6.92 Å². The highest BCUT2D eigenvalue weighted by Crippen LogP contribution is 2.25. The molecule has 2 rings (SSSR count). The highest BCUT2D eigenvalue weighted by molar-refractivity contribution is 6.39. The number of hydrogen-bond acceptors (Lipinski definition) is 4. The summed E-state index contributed by atoms with van der Waals surface area (Å²) in [5, 5.41) is 15.5. The van der Waals surface area contributed by atoms with Gasteiger partial charge in [0.25, 0.3) is 0 Å². The molecule has 27 heavy (non-hydrogen) atoms. The fourth-order valence-electron chi connectivity index (χ4n) is 2.60. The Hall–Kier alpha value is -2.86. The van der Waals surface area contributed by atoms with E-state index in [0.717, 1.165) is 11.1 Å². The van der Waals surface area contributed by atoms with E-state index in [9.17, 15) is 14.7 Å².